The van der Waals surface area contributed by atoms with Crippen LogP contribution in [0.5, 0.6) is 5.75 Å². The van der Waals surface area contributed by atoms with Gasteiger partial charge in [0.15, 0.2) is 0 Å². The molecule has 0 aliphatic rings. The Kier molecular flexibility index (Phi) is 8.26. The van der Waals surface area contributed by atoms with Crippen molar-refractivity contribution in [1.29, 1.82) is 0 Å². The second-order valence-electron chi connectivity index (χ2n) is 5.27. The quantitative estimate of drug-likeness (QED) is 0.689. The number of aryl methyl sites for hydroxylation is 1. The lowest BCUT2D eigenvalue weighted by atomic mass is 10.1. The van der Waals surface area contributed by atoms with Gasteiger partial charge in [0, 0.05) is 19.2 Å². The summed E-state index contributed by atoms with van der Waals surface area (Å²) >= 11 is 0. The normalized spacial score (nSPS) is 14.0. The van der Waals surface area contributed by atoms with Crippen molar-refractivity contribution in [2.45, 2.75) is 38.8 Å². The summed E-state index contributed by atoms with van der Waals surface area (Å²) in [5.74, 6) is 0.912. The maximum absolute atomic E-state index is 5.78. The molecule has 0 fully saturated rings. The molecule has 0 aliphatic heterocycles. The number of benzene rings is 1. The summed E-state index contributed by atoms with van der Waals surface area (Å²) in [5.41, 5.74) is 6.80. The van der Waals surface area contributed by atoms with Gasteiger partial charge >= 0.3 is 0 Å². The van der Waals surface area contributed by atoms with E-state index in [0.717, 1.165) is 25.1 Å². The molecule has 0 heterocycles. The van der Waals surface area contributed by atoms with Crippen LogP contribution in [0.4, 0.5) is 0 Å². The van der Waals surface area contributed by atoms with Crippen LogP contribution in [0.3, 0.4) is 0 Å². The van der Waals surface area contributed by atoms with Crippen LogP contribution in [-0.4, -0.2) is 39.0 Å². The van der Waals surface area contributed by atoms with E-state index in [4.69, 9.17) is 15.2 Å². The molecule has 20 heavy (non-hydrogen) atoms. The zero-order valence-corrected chi connectivity index (χ0v) is 12.9. The van der Waals surface area contributed by atoms with Crippen LogP contribution < -0.4 is 15.8 Å². The third-order valence-electron chi connectivity index (χ3n) is 3.17. The van der Waals surface area contributed by atoms with Gasteiger partial charge in [0.1, 0.15) is 12.4 Å². The van der Waals surface area contributed by atoms with Crippen LogP contribution in [0.25, 0.3) is 0 Å². The molecular weight excluding hydrogens is 252 g/mol. The third kappa shape index (κ3) is 6.89. The van der Waals surface area contributed by atoms with E-state index in [-0.39, 0.29) is 6.04 Å². The third-order valence-corrected chi connectivity index (χ3v) is 3.17. The van der Waals surface area contributed by atoms with Gasteiger partial charge < -0.3 is 20.5 Å². The predicted octanol–water partition coefficient (Wildman–Crippen LogP) is 2.11. The maximum atomic E-state index is 5.78. The average Bonchev–Trinajstić information content (AvgIpc) is 2.44. The first-order valence-electron chi connectivity index (χ1n) is 7.30. The van der Waals surface area contributed by atoms with Crippen LogP contribution >= 0.6 is 0 Å². The fraction of sp³-hybridized carbons (Fsp3) is 0.625. The van der Waals surface area contributed by atoms with Crippen molar-refractivity contribution in [2.75, 3.05) is 26.9 Å². The second kappa shape index (κ2) is 9.75. The highest BCUT2D eigenvalue weighted by atomic mass is 16.5. The first kappa shape index (κ1) is 17.0. The van der Waals surface area contributed by atoms with Crippen molar-refractivity contribution in [3.63, 3.8) is 0 Å². The maximum Gasteiger partial charge on any atom is 0.119 e. The topological polar surface area (TPSA) is 56.5 Å². The molecule has 114 valence electrons. The monoisotopic (exact) mass is 280 g/mol. The van der Waals surface area contributed by atoms with Crippen LogP contribution in [0.15, 0.2) is 24.3 Å². The van der Waals surface area contributed by atoms with Crippen molar-refractivity contribution in [2.24, 2.45) is 5.73 Å². The summed E-state index contributed by atoms with van der Waals surface area (Å²) in [6.45, 7) is 6.26. The van der Waals surface area contributed by atoms with Gasteiger partial charge in [-0.15, -0.1) is 0 Å². The molecule has 1 rings (SSSR count). The molecule has 4 nitrogen and oxygen atoms in total. The molecule has 4 heteroatoms. The van der Waals surface area contributed by atoms with E-state index < -0.39 is 0 Å². The smallest absolute Gasteiger partial charge is 0.119 e. The summed E-state index contributed by atoms with van der Waals surface area (Å²) in [6, 6.07) is 8.73. The highest BCUT2D eigenvalue weighted by Crippen LogP contribution is 2.11. The predicted molar refractivity (Wildman–Crippen MR) is 83.2 cm³/mol. The Morgan fingerprint density at radius 1 is 1.20 bits per heavy atom. The zero-order valence-electron chi connectivity index (χ0n) is 12.9. The van der Waals surface area contributed by atoms with Gasteiger partial charge in [0.25, 0.3) is 0 Å². The van der Waals surface area contributed by atoms with E-state index in [2.05, 4.69) is 31.3 Å². The SMILES string of the molecule is COCC(CCCN)NC(C)COc1ccc(C)cc1. The van der Waals surface area contributed by atoms with Crippen molar-refractivity contribution < 1.29 is 9.47 Å². The van der Waals surface area contributed by atoms with Crippen LogP contribution in [0, 0.1) is 6.92 Å². The average molecular weight is 280 g/mol. The van der Waals surface area contributed by atoms with Gasteiger partial charge in [-0.3, -0.25) is 0 Å². The highest BCUT2D eigenvalue weighted by Gasteiger charge is 2.12. The Bertz CT molecular complexity index is 354. The molecule has 2 unspecified atom stereocenters. The lowest BCUT2D eigenvalue weighted by molar-refractivity contribution is 0.149. The number of nitrogens with one attached hydrogen (secondary N) is 1. The number of methoxy groups -OCH3 is 1. The molecule has 1 aromatic rings. The van der Waals surface area contributed by atoms with E-state index in [1.165, 1.54) is 5.56 Å². The van der Waals surface area contributed by atoms with Crippen molar-refractivity contribution >= 4 is 0 Å². The Morgan fingerprint density at radius 3 is 2.50 bits per heavy atom. The molecule has 0 radical (unpaired) electrons. The van der Waals surface area contributed by atoms with Crippen molar-refractivity contribution in [3.8, 4) is 5.75 Å². The molecule has 0 aliphatic carbocycles. The van der Waals surface area contributed by atoms with Gasteiger partial charge in [0.2, 0.25) is 0 Å². The number of rotatable bonds is 10. The van der Waals surface area contributed by atoms with E-state index >= 15 is 0 Å². The number of hydrogen-bond acceptors (Lipinski definition) is 4. The minimum atomic E-state index is 0.272. The molecule has 0 saturated heterocycles. The number of nitrogens with two attached hydrogens (primary N) is 1. The lowest BCUT2D eigenvalue weighted by Gasteiger charge is -2.23. The van der Waals surface area contributed by atoms with Gasteiger partial charge in [-0.25, -0.2) is 0 Å². The van der Waals surface area contributed by atoms with E-state index in [9.17, 15) is 0 Å². The lowest BCUT2D eigenvalue weighted by Crippen LogP contribution is -2.42. The summed E-state index contributed by atoms with van der Waals surface area (Å²) in [5, 5.41) is 3.53. The first-order chi connectivity index (χ1) is 9.65. The minimum absolute atomic E-state index is 0.272. The molecule has 3 N–H and O–H groups in total. The fourth-order valence-electron chi connectivity index (χ4n) is 2.09. The molecule has 0 saturated carbocycles. The molecule has 0 aromatic heterocycles. The van der Waals surface area contributed by atoms with E-state index in [0.29, 0.717) is 19.3 Å². The van der Waals surface area contributed by atoms with Crippen LogP contribution in [0.2, 0.25) is 0 Å². The molecule has 0 spiro atoms. The van der Waals surface area contributed by atoms with Crippen molar-refractivity contribution in [3.05, 3.63) is 29.8 Å². The Balaban J connectivity index is 2.32. The Labute approximate surface area is 122 Å². The summed E-state index contributed by atoms with van der Waals surface area (Å²) < 4.78 is 11.0. The largest absolute Gasteiger partial charge is 0.492 e. The van der Waals surface area contributed by atoms with Gasteiger partial charge in [0.05, 0.1) is 6.61 Å². The Morgan fingerprint density at radius 2 is 1.90 bits per heavy atom. The molecule has 2 atom stereocenters. The van der Waals surface area contributed by atoms with E-state index in [1.54, 1.807) is 7.11 Å². The molecule has 0 bridgehead atoms. The first-order valence-corrected chi connectivity index (χ1v) is 7.30. The zero-order chi connectivity index (χ0) is 14.8. The molecular formula is C16H28N2O2. The van der Waals surface area contributed by atoms with E-state index in [1.807, 2.05) is 12.1 Å². The summed E-state index contributed by atoms with van der Waals surface area (Å²) in [4.78, 5) is 0. The highest BCUT2D eigenvalue weighted by molar-refractivity contribution is 5.26. The summed E-state index contributed by atoms with van der Waals surface area (Å²) in [7, 11) is 1.73. The Hall–Kier alpha value is -1.10. The van der Waals surface area contributed by atoms with Crippen LogP contribution in [0.1, 0.15) is 25.3 Å². The van der Waals surface area contributed by atoms with Crippen LogP contribution in [-0.2, 0) is 4.74 Å². The molecule has 1 aromatic carbocycles. The standard InChI is InChI=1S/C16H28N2O2/c1-13-6-8-16(9-7-13)20-11-14(2)18-15(12-19-3)5-4-10-17/h6-9,14-15,18H,4-5,10-12,17H2,1-3H3. The summed E-state index contributed by atoms with van der Waals surface area (Å²) in [6.07, 6.45) is 2.03. The van der Waals surface area contributed by atoms with Crippen molar-refractivity contribution in [1.82, 2.24) is 5.32 Å². The number of ether oxygens (including phenoxy) is 2. The number of hydrogen-bond donors (Lipinski definition) is 2. The van der Waals surface area contributed by atoms with Gasteiger partial charge in [-0.05, 0) is 45.4 Å². The minimum Gasteiger partial charge on any atom is -0.492 e. The molecule has 0 amide bonds. The fourth-order valence-corrected chi connectivity index (χ4v) is 2.09. The van der Waals surface area contributed by atoms with Gasteiger partial charge in [-0.2, -0.15) is 0 Å². The van der Waals surface area contributed by atoms with Gasteiger partial charge in [-0.1, -0.05) is 17.7 Å². The second-order valence-corrected chi connectivity index (χ2v) is 5.27.